The van der Waals surface area contributed by atoms with Crippen molar-refractivity contribution >= 4 is 11.9 Å². The number of nitrogens with one attached hydrogen (secondary N) is 1. The van der Waals surface area contributed by atoms with Crippen molar-refractivity contribution in [3.05, 3.63) is 10.1 Å². The zero-order valence-corrected chi connectivity index (χ0v) is 12.8. The molecule has 21 heavy (non-hydrogen) atoms. The van der Waals surface area contributed by atoms with Crippen LogP contribution in [0, 0.1) is 10.1 Å². The number of carboxylic acids is 1. The van der Waals surface area contributed by atoms with Crippen LogP contribution in [0.25, 0.3) is 0 Å². The second-order valence-corrected chi connectivity index (χ2v) is 4.67. The van der Waals surface area contributed by atoms with Gasteiger partial charge in [-0.05, 0) is 19.3 Å². The molecule has 0 aromatic carbocycles. The SMILES string of the molecule is CCCCCCCCOC(=O)CCCCC(=O)O.O=[NH+][O-]. The number of aliphatic carboxylic acids is 1. The molecule has 0 amide bonds. The van der Waals surface area contributed by atoms with E-state index in [9.17, 15) is 9.59 Å². The fourth-order valence-electron chi connectivity index (χ4n) is 1.69. The lowest BCUT2D eigenvalue weighted by Crippen LogP contribution is -2.53. The smallest absolute Gasteiger partial charge is 0.305 e. The van der Waals surface area contributed by atoms with Crippen LogP contribution in [0.4, 0.5) is 0 Å². The number of esters is 1. The van der Waals surface area contributed by atoms with Crippen molar-refractivity contribution < 1.29 is 24.8 Å². The first-order valence-electron chi connectivity index (χ1n) is 7.45. The molecule has 0 fully saturated rings. The van der Waals surface area contributed by atoms with Gasteiger partial charge in [0.25, 0.3) is 0 Å². The van der Waals surface area contributed by atoms with E-state index in [4.69, 9.17) is 20.0 Å². The summed E-state index contributed by atoms with van der Waals surface area (Å²) in [4.78, 5) is 29.6. The summed E-state index contributed by atoms with van der Waals surface area (Å²) in [5.41, 5.74) is 0. The highest BCUT2D eigenvalue weighted by atomic mass is 16.6. The van der Waals surface area contributed by atoms with Crippen LogP contribution in [-0.2, 0) is 14.3 Å². The third kappa shape index (κ3) is 23.8. The second kappa shape index (κ2) is 18.3. The number of carbonyl (C=O) groups excluding carboxylic acids is 1. The monoisotopic (exact) mass is 305 g/mol. The van der Waals surface area contributed by atoms with Crippen molar-refractivity contribution in [2.75, 3.05) is 6.61 Å². The minimum Gasteiger partial charge on any atom is -0.481 e. The Hall–Kier alpha value is -1.66. The predicted molar refractivity (Wildman–Crippen MR) is 78.1 cm³/mol. The van der Waals surface area contributed by atoms with Crippen molar-refractivity contribution in [1.82, 2.24) is 0 Å². The van der Waals surface area contributed by atoms with Crippen molar-refractivity contribution in [3.63, 3.8) is 0 Å². The quantitative estimate of drug-likeness (QED) is 0.246. The number of hydrogen-bond acceptors (Lipinski definition) is 5. The highest BCUT2D eigenvalue weighted by Crippen LogP contribution is 2.06. The normalized spacial score (nSPS) is 9.38. The maximum atomic E-state index is 11.3. The maximum absolute atomic E-state index is 11.3. The van der Waals surface area contributed by atoms with Gasteiger partial charge in [0.05, 0.1) is 6.61 Å². The predicted octanol–water partition coefficient (Wildman–Crippen LogP) is 1.87. The molecule has 0 rings (SSSR count). The third-order valence-electron chi connectivity index (χ3n) is 2.78. The molecule has 0 bridgehead atoms. The Morgan fingerprint density at radius 1 is 1.00 bits per heavy atom. The molecule has 0 saturated heterocycles. The van der Waals surface area contributed by atoms with Gasteiger partial charge < -0.3 is 9.84 Å². The van der Waals surface area contributed by atoms with Gasteiger partial charge >= 0.3 is 11.9 Å². The molecule has 0 aliphatic rings. The number of unbranched alkanes of at least 4 members (excludes halogenated alkanes) is 6. The molecule has 0 unspecified atom stereocenters. The lowest BCUT2D eigenvalue weighted by Gasteiger charge is -2.04. The molecule has 2 N–H and O–H groups in total. The highest BCUT2D eigenvalue weighted by Gasteiger charge is 2.03. The molecule has 0 radical (unpaired) electrons. The molecule has 0 aromatic rings. The van der Waals surface area contributed by atoms with E-state index < -0.39 is 5.97 Å². The van der Waals surface area contributed by atoms with Crippen LogP contribution in [0.15, 0.2) is 0 Å². The van der Waals surface area contributed by atoms with Gasteiger partial charge in [0.1, 0.15) is 0 Å². The molecular weight excluding hydrogens is 278 g/mol. The summed E-state index contributed by atoms with van der Waals surface area (Å²) < 4.78 is 5.07. The topological polar surface area (TPSA) is 118 Å². The van der Waals surface area contributed by atoms with Gasteiger partial charge in [0, 0.05) is 18.2 Å². The average Bonchev–Trinajstić information content (AvgIpc) is 2.43. The Morgan fingerprint density at radius 3 is 2.10 bits per heavy atom. The van der Waals surface area contributed by atoms with E-state index in [-0.39, 0.29) is 17.7 Å². The van der Waals surface area contributed by atoms with Crippen LogP contribution in [0.5, 0.6) is 0 Å². The van der Waals surface area contributed by atoms with E-state index in [1.54, 1.807) is 0 Å². The van der Waals surface area contributed by atoms with E-state index in [0.717, 1.165) is 12.8 Å². The lowest BCUT2D eigenvalue weighted by molar-refractivity contribution is -0.398. The molecule has 124 valence electrons. The van der Waals surface area contributed by atoms with Crippen LogP contribution < -0.4 is 5.34 Å². The number of carbonyl (C=O) groups is 2. The van der Waals surface area contributed by atoms with Crippen LogP contribution in [0.2, 0.25) is 0 Å². The van der Waals surface area contributed by atoms with Crippen LogP contribution >= 0.6 is 0 Å². The third-order valence-corrected chi connectivity index (χ3v) is 2.78. The van der Waals surface area contributed by atoms with Gasteiger partial charge in [-0.25, -0.2) is 0 Å². The van der Waals surface area contributed by atoms with Crippen LogP contribution in [-0.4, -0.2) is 23.7 Å². The van der Waals surface area contributed by atoms with E-state index >= 15 is 0 Å². The first kappa shape index (κ1) is 21.6. The summed E-state index contributed by atoms with van der Waals surface area (Å²) in [6, 6.07) is 0. The molecule has 0 aliphatic carbocycles. The number of hydrogen-bond donors (Lipinski definition) is 2. The molecule has 7 nitrogen and oxygen atoms in total. The van der Waals surface area contributed by atoms with Gasteiger partial charge in [-0.1, -0.05) is 39.0 Å². The molecule has 0 heterocycles. The highest BCUT2D eigenvalue weighted by molar-refractivity contribution is 5.69. The van der Waals surface area contributed by atoms with Gasteiger partial charge in [0.15, 0.2) is 0 Å². The summed E-state index contributed by atoms with van der Waals surface area (Å²) in [5.74, 6) is -1.01. The van der Waals surface area contributed by atoms with E-state index in [2.05, 4.69) is 6.92 Å². The Kier molecular flexibility index (Phi) is 18.9. The standard InChI is InChI=1S/C14H26O4.HNO2/c1-2-3-4-5-6-9-12-18-14(17)11-8-7-10-13(15)16;2-1-3/h2-12H2,1H3,(H,15,16);1H. The molecule has 0 aliphatic heterocycles. The lowest BCUT2D eigenvalue weighted by atomic mass is 10.1. The van der Waals surface area contributed by atoms with Gasteiger partial charge in [0.2, 0.25) is 0 Å². The summed E-state index contributed by atoms with van der Waals surface area (Å²) >= 11 is 0. The number of rotatable bonds is 12. The second-order valence-electron chi connectivity index (χ2n) is 4.67. The average molecular weight is 305 g/mol. The molecule has 0 atom stereocenters. The van der Waals surface area contributed by atoms with E-state index in [1.807, 2.05) is 0 Å². The molecule has 0 saturated carbocycles. The van der Waals surface area contributed by atoms with Gasteiger partial charge in [-0.15, -0.1) is 0 Å². The van der Waals surface area contributed by atoms with Crippen molar-refractivity contribution in [2.24, 2.45) is 0 Å². The Labute approximate surface area is 125 Å². The Balaban J connectivity index is 0. The fraction of sp³-hybridized carbons (Fsp3) is 0.857. The first-order valence-corrected chi connectivity index (χ1v) is 7.45. The van der Waals surface area contributed by atoms with Crippen molar-refractivity contribution in [2.45, 2.75) is 71.1 Å². The minimum atomic E-state index is -0.810. The Morgan fingerprint density at radius 2 is 1.52 bits per heavy atom. The van der Waals surface area contributed by atoms with Gasteiger partial charge in [-0.2, -0.15) is 0 Å². The largest absolute Gasteiger partial charge is 0.481 e. The maximum Gasteiger partial charge on any atom is 0.305 e. The number of ether oxygens (including phenoxy) is 1. The van der Waals surface area contributed by atoms with Gasteiger partial charge in [-0.3, -0.25) is 19.7 Å². The minimum absolute atomic E-state index is 0.130. The molecule has 0 aromatic heterocycles. The van der Waals surface area contributed by atoms with E-state index in [0.29, 0.717) is 25.9 Å². The van der Waals surface area contributed by atoms with Crippen LogP contribution in [0.1, 0.15) is 71.1 Å². The molecular formula is C14H27NO6. The van der Waals surface area contributed by atoms with Crippen molar-refractivity contribution in [3.8, 4) is 0 Å². The Bertz CT molecular complexity index is 270. The fourth-order valence-corrected chi connectivity index (χ4v) is 1.69. The molecule has 7 heteroatoms. The summed E-state index contributed by atoms with van der Waals surface area (Å²) in [6.45, 7) is 2.69. The first-order chi connectivity index (χ1) is 10.1. The summed E-state index contributed by atoms with van der Waals surface area (Å²) in [5, 5.41) is 16.8. The van der Waals surface area contributed by atoms with Crippen LogP contribution in [0.3, 0.4) is 0 Å². The zero-order chi connectivity index (χ0) is 16.3. The van der Waals surface area contributed by atoms with Crippen molar-refractivity contribution in [1.29, 1.82) is 0 Å². The summed E-state index contributed by atoms with van der Waals surface area (Å²) in [6.07, 6.45) is 8.66. The number of carboxylic acid groups (broad SMARTS) is 1. The molecule has 0 spiro atoms. The summed E-state index contributed by atoms with van der Waals surface area (Å²) in [7, 11) is 0. The zero-order valence-electron chi connectivity index (χ0n) is 12.8. The van der Waals surface area contributed by atoms with E-state index in [1.165, 1.54) is 25.7 Å².